The van der Waals surface area contributed by atoms with Gasteiger partial charge in [-0.25, -0.2) is 0 Å². The number of rotatable bonds is 7. The first kappa shape index (κ1) is 20.2. The number of Topliss-reactive ketones (excluding diaryl/α,β-unsaturated/α-hetero) is 1. The maximum Gasteiger partial charge on any atom is 0.166 e. The van der Waals surface area contributed by atoms with Crippen molar-refractivity contribution in [3.05, 3.63) is 65.2 Å². The highest BCUT2D eigenvalue weighted by Crippen LogP contribution is 2.31. The molecule has 154 valence electrons. The second kappa shape index (κ2) is 9.58. The summed E-state index contributed by atoms with van der Waals surface area (Å²) in [6.07, 6.45) is 8.17. The van der Waals surface area contributed by atoms with Crippen LogP contribution in [0.15, 0.2) is 48.5 Å². The Bertz CT molecular complexity index is 817. The fourth-order valence-electron chi connectivity index (χ4n) is 4.94. The minimum Gasteiger partial charge on any atom is -0.489 e. The van der Waals surface area contributed by atoms with E-state index in [9.17, 15) is 4.79 Å². The van der Waals surface area contributed by atoms with E-state index in [1.165, 1.54) is 32.2 Å². The van der Waals surface area contributed by atoms with Crippen LogP contribution in [0.1, 0.15) is 66.9 Å². The van der Waals surface area contributed by atoms with Gasteiger partial charge in [-0.05, 0) is 80.9 Å². The highest BCUT2D eigenvalue weighted by Gasteiger charge is 2.29. The SMILES string of the molecule is CCC1CCCCN1CCC1CCc2cc(OCc3ccccc3)ccc2C1=O. The van der Waals surface area contributed by atoms with Gasteiger partial charge in [0.2, 0.25) is 0 Å². The molecule has 0 amide bonds. The van der Waals surface area contributed by atoms with E-state index in [0.717, 1.165) is 54.3 Å². The first-order chi connectivity index (χ1) is 14.2. The topological polar surface area (TPSA) is 29.5 Å². The van der Waals surface area contributed by atoms with Crippen LogP contribution in [0.5, 0.6) is 5.75 Å². The lowest BCUT2D eigenvalue weighted by molar-refractivity contribution is 0.0854. The summed E-state index contributed by atoms with van der Waals surface area (Å²) < 4.78 is 5.95. The number of benzene rings is 2. The molecule has 1 saturated heterocycles. The van der Waals surface area contributed by atoms with Crippen molar-refractivity contribution in [3.8, 4) is 5.75 Å². The first-order valence-corrected chi connectivity index (χ1v) is 11.3. The zero-order valence-electron chi connectivity index (χ0n) is 17.6. The Kier molecular flexibility index (Phi) is 6.66. The number of hydrogen-bond acceptors (Lipinski definition) is 3. The van der Waals surface area contributed by atoms with Crippen molar-refractivity contribution < 1.29 is 9.53 Å². The number of piperidine rings is 1. The molecule has 2 aliphatic rings. The largest absolute Gasteiger partial charge is 0.489 e. The number of ether oxygens (including phenoxy) is 1. The standard InChI is InChI=1S/C26H33NO2/c1-2-23-10-6-7-16-27(23)17-15-21-11-12-22-18-24(13-14-25(22)26(21)28)29-19-20-8-4-3-5-9-20/h3-5,8-9,13-14,18,21,23H,2,6-7,10-12,15-17,19H2,1H3. The zero-order chi connectivity index (χ0) is 20.1. The van der Waals surface area contributed by atoms with Crippen molar-refractivity contribution in [1.82, 2.24) is 4.90 Å². The molecule has 1 heterocycles. The lowest BCUT2D eigenvalue weighted by Gasteiger charge is -2.36. The smallest absolute Gasteiger partial charge is 0.166 e. The monoisotopic (exact) mass is 391 g/mol. The molecular weight excluding hydrogens is 358 g/mol. The van der Waals surface area contributed by atoms with Crippen LogP contribution < -0.4 is 4.74 Å². The van der Waals surface area contributed by atoms with Crippen LogP contribution in [0.3, 0.4) is 0 Å². The zero-order valence-corrected chi connectivity index (χ0v) is 17.6. The lowest BCUT2D eigenvalue weighted by Crippen LogP contribution is -2.40. The van der Waals surface area contributed by atoms with Gasteiger partial charge in [-0.2, -0.15) is 0 Å². The number of nitrogens with zero attached hydrogens (tertiary/aromatic N) is 1. The Hall–Kier alpha value is -2.13. The second-order valence-corrected chi connectivity index (χ2v) is 8.58. The molecule has 0 N–H and O–H groups in total. The van der Waals surface area contributed by atoms with Crippen molar-refractivity contribution >= 4 is 5.78 Å². The molecule has 0 bridgehead atoms. The van der Waals surface area contributed by atoms with Crippen LogP contribution >= 0.6 is 0 Å². The number of aryl methyl sites for hydroxylation is 1. The van der Waals surface area contributed by atoms with Gasteiger partial charge in [0.1, 0.15) is 12.4 Å². The number of likely N-dealkylation sites (tertiary alicyclic amines) is 1. The molecule has 3 nitrogen and oxygen atoms in total. The summed E-state index contributed by atoms with van der Waals surface area (Å²) in [4.78, 5) is 15.7. The lowest BCUT2D eigenvalue weighted by atomic mass is 9.81. The number of ketones is 1. The molecule has 4 rings (SSSR count). The Morgan fingerprint density at radius 2 is 1.93 bits per heavy atom. The molecule has 0 saturated carbocycles. The number of carbonyl (C=O) groups excluding carboxylic acids is 1. The summed E-state index contributed by atoms with van der Waals surface area (Å²) in [6.45, 7) is 5.13. The normalized spacial score (nSPS) is 22.3. The molecule has 2 aromatic carbocycles. The first-order valence-electron chi connectivity index (χ1n) is 11.3. The summed E-state index contributed by atoms with van der Waals surface area (Å²) in [5.41, 5.74) is 3.23. The van der Waals surface area contributed by atoms with Crippen molar-refractivity contribution in [2.24, 2.45) is 5.92 Å². The molecule has 1 aliphatic heterocycles. The van der Waals surface area contributed by atoms with E-state index in [-0.39, 0.29) is 5.92 Å². The van der Waals surface area contributed by atoms with E-state index >= 15 is 0 Å². The second-order valence-electron chi connectivity index (χ2n) is 8.58. The van der Waals surface area contributed by atoms with Gasteiger partial charge >= 0.3 is 0 Å². The number of hydrogen-bond donors (Lipinski definition) is 0. The Morgan fingerprint density at radius 1 is 1.07 bits per heavy atom. The minimum absolute atomic E-state index is 0.179. The molecule has 0 aromatic heterocycles. The van der Waals surface area contributed by atoms with Crippen molar-refractivity contribution in [2.75, 3.05) is 13.1 Å². The molecule has 29 heavy (non-hydrogen) atoms. The van der Waals surface area contributed by atoms with Gasteiger partial charge in [-0.1, -0.05) is 43.7 Å². The minimum atomic E-state index is 0.179. The summed E-state index contributed by atoms with van der Waals surface area (Å²) in [7, 11) is 0. The number of carbonyl (C=O) groups is 1. The van der Waals surface area contributed by atoms with Gasteiger partial charge in [-0.3, -0.25) is 4.79 Å². The summed E-state index contributed by atoms with van der Waals surface area (Å²) in [5.74, 6) is 1.38. The quantitative estimate of drug-likeness (QED) is 0.609. The number of fused-ring (bicyclic) bond motifs is 1. The Balaban J connectivity index is 1.35. The van der Waals surface area contributed by atoms with Gasteiger partial charge in [0.15, 0.2) is 5.78 Å². The van der Waals surface area contributed by atoms with Gasteiger partial charge < -0.3 is 9.64 Å². The van der Waals surface area contributed by atoms with Crippen LogP contribution in [0.4, 0.5) is 0 Å². The average molecular weight is 392 g/mol. The molecule has 0 radical (unpaired) electrons. The molecular formula is C26H33NO2. The van der Waals surface area contributed by atoms with Crippen molar-refractivity contribution in [3.63, 3.8) is 0 Å². The summed E-state index contributed by atoms with van der Waals surface area (Å²) >= 11 is 0. The molecule has 2 atom stereocenters. The van der Waals surface area contributed by atoms with Crippen LogP contribution in [0.2, 0.25) is 0 Å². The molecule has 2 aromatic rings. The highest BCUT2D eigenvalue weighted by atomic mass is 16.5. The summed E-state index contributed by atoms with van der Waals surface area (Å²) in [6, 6.07) is 16.9. The molecule has 1 aliphatic carbocycles. The molecule has 2 unspecified atom stereocenters. The average Bonchev–Trinajstić information content (AvgIpc) is 2.78. The van der Waals surface area contributed by atoms with E-state index in [2.05, 4.69) is 30.0 Å². The van der Waals surface area contributed by atoms with E-state index in [4.69, 9.17) is 4.74 Å². The highest BCUT2D eigenvalue weighted by molar-refractivity contribution is 6.00. The van der Waals surface area contributed by atoms with Gasteiger partial charge in [0, 0.05) is 17.5 Å². The maximum absolute atomic E-state index is 13.1. The molecule has 0 spiro atoms. The third kappa shape index (κ3) is 4.90. The van der Waals surface area contributed by atoms with Gasteiger partial charge in [0.05, 0.1) is 0 Å². The maximum atomic E-state index is 13.1. The van der Waals surface area contributed by atoms with E-state index in [1.54, 1.807) is 0 Å². The fraction of sp³-hybridized carbons (Fsp3) is 0.500. The predicted molar refractivity (Wildman–Crippen MR) is 117 cm³/mol. The third-order valence-corrected chi connectivity index (χ3v) is 6.71. The van der Waals surface area contributed by atoms with E-state index in [1.807, 2.05) is 30.3 Å². The van der Waals surface area contributed by atoms with Crippen LogP contribution in [0.25, 0.3) is 0 Å². The van der Waals surface area contributed by atoms with Crippen LogP contribution in [0, 0.1) is 5.92 Å². The van der Waals surface area contributed by atoms with Crippen LogP contribution in [-0.2, 0) is 13.0 Å². The Morgan fingerprint density at radius 3 is 2.76 bits per heavy atom. The van der Waals surface area contributed by atoms with Gasteiger partial charge in [-0.15, -0.1) is 0 Å². The van der Waals surface area contributed by atoms with Gasteiger partial charge in [0.25, 0.3) is 0 Å². The predicted octanol–water partition coefficient (Wildman–Crippen LogP) is 5.67. The van der Waals surface area contributed by atoms with Crippen molar-refractivity contribution in [2.45, 2.75) is 64.5 Å². The van der Waals surface area contributed by atoms with E-state index in [0.29, 0.717) is 12.4 Å². The summed E-state index contributed by atoms with van der Waals surface area (Å²) in [5, 5.41) is 0. The van der Waals surface area contributed by atoms with Crippen LogP contribution in [-0.4, -0.2) is 29.8 Å². The fourth-order valence-corrected chi connectivity index (χ4v) is 4.94. The third-order valence-electron chi connectivity index (χ3n) is 6.71. The Labute approximate surface area is 175 Å². The van der Waals surface area contributed by atoms with Crippen molar-refractivity contribution in [1.29, 1.82) is 0 Å². The van der Waals surface area contributed by atoms with E-state index < -0.39 is 0 Å². The molecule has 3 heteroatoms. The molecule has 1 fully saturated rings.